The third kappa shape index (κ3) is 6.97. The number of aryl methyl sites for hydroxylation is 2. The number of ether oxygens (including phenoxy) is 1. The highest BCUT2D eigenvalue weighted by Gasteiger charge is 2.32. The molecule has 1 atom stereocenters. The zero-order valence-corrected chi connectivity index (χ0v) is 21.3. The van der Waals surface area contributed by atoms with E-state index in [-0.39, 0.29) is 24.5 Å². The van der Waals surface area contributed by atoms with Crippen molar-refractivity contribution in [3.63, 3.8) is 0 Å². The zero-order valence-electron chi connectivity index (χ0n) is 21.3. The van der Waals surface area contributed by atoms with Gasteiger partial charge in [-0.2, -0.15) is 0 Å². The SMILES string of the molecule is Cc1ccc(OCC(=O)N(Cc2ccccc2)[C@@H](Cc2ccccc2)C(=O)NC2CCCC2)cc1C. The molecule has 4 rings (SSSR count). The van der Waals surface area contributed by atoms with Crippen molar-refractivity contribution in [1.82, 2.24) is 10.2 Å². The van der Waals surface area contributed by atoms with Gasteiger partial charge in [-0.05, 0) is 61.1 Å². The van der Waals surface area contributed by atoms with Gasteiger partial charge in [-0.1, -0.05) is 79.6 Å². The lowest BCUT2D eigenvalue weighted by atomic mass is 10.0. The molecular weight excluding hydrogens is 448 g/mol. The molecule has 36 heavy (non-hydrogen) atoms. The number of carbonyl (C=O) groups excluding carboxylic acids is 2. The predicted octanol–water partition coefficient (Wildman–Crippen LogP) is 5.38. The Kier molecular flexibility index (Phi) is 8.77. The summed E-state index contributed by atoms with van der Waals surface area (Å²) in [4.78, 5) is 29.0. The summed E-state index contributed by atoms with van der Waals surface area (Å²) < 4.78 is 5.91. The smallest absolute Gasteiger partial charge is 0.261 e. The van der Waals surface area contributed by atoms with E-state index in [0.717, 1.165) is 42.4 Å². The third-order valence-corrected chi connectivity index (χ3v) is 7.01. The van der Waals surface area contributed by atoms with Crippen LogP contribution in [0.3, 0.4) is 0 Å². The highest BCUT2D eigenvalue weighted by atomic mass is 16.5. The number of nitrogens with zero attached hydrogens (tertiary/aromatic N) is 1. The first-order chi connectivity index (χ1) is 17.5. The monoisotopic (exact) mass is 484 g/mol. The Labute approximate surface area is 214 Å². The molecule has 1 fully saturated rings. The lowest BCUT2D eigenvalue weighted by Gasteiger charge is -2.32. The first kappa shape index (κ1) is 25.5. The molecule has 0 aromatic heterocycles. The number of rotatable bonds is 10. The molecule has 188 valence electrons. The molecule has 1 aliphatic carbocycles. The molecule has 0 unspecified atom stereocenters. The van der Waals surface area contributed by atoms with Gasteiger partial charge < -0.3 is 15.0 Å². The fourth-order valence-electron chi connectivity index (χ4n) is 4.73. The van der Waals surface area contributed by atoms with Crippen molar-refractivity contribution in [3.05, 3.63) is 101 Å². The van der Waals surface area contributed by atoms with E-state index in [1.165, 1.54) is 5.56 Å². The minimum Gasteiger partial charge on any atom is -0.484 e. The zero-order chi connectivity index (χ0) is 25.3. The van der Waals surface area contributed by atoms with Gasteiger partial charge in [0.25, 0.3) is 5.91 Å². The fourth-order valence-corrected chi connectivity index (χ4v) is 4.73. The summed E-state index contributed by atoms with van der Waals surface area (Å²) in [5.41, 5.74) is 4.28. The first-order valence-electron chi connectivity index (χ1n) is 12.9. The molecule has 0 saturated heterocycles. The average molecular weight is 485 g/mol. The Morgan fingerprint density at radius 1 is 0.889 bits per heavy atom. The van der Waals surface area contributed by atoms with Crippen LogP contribution < -0.4 is 10.1 Å². The molecule has 5 heteroatoms. The number of carbonyl (C=O) groups is 2. The van der Waals surface area contributed by atoms with Crippen LogP contribution in [-0.2, 0) is 22.6 Å². The summed E-state index contributed by atoms with van der Waals surface area (Å²) >= 11 is 0. The number of benzene rings is 3. The molecule has 0 heterocycles. The molecule has 2 amide bonds. The molecule has 1 N–H and O–H groups in total. The Morgan fingerprint density at radius 3 is 2.17 bits per heavy atom. The van der Waals surface area contributed by atoms with Crippen LogP contribution in [0, 0.1) is 13.8 Å². The van der Waals surface area contributed by atoms with Crippen LogP contribution in [-0.4, -0.2) is 35.4 Å². The Balaban J connectivity index is 1.59. The normalized spacial score (nSPS) is 14.3. The second-order valence-corrected chi connectivity index (χ2v) is 9.74. The molecule has 0 spiro atoms. The van der Waals surface area contributed by atoms with E-state index < -0.39 is 6.04 Å². The average Bonchev–Trinajstić information content (AvgIpc) is 3.41. The number of hydrogen-bond acceptors (Lipinski definition) is 3. The number of hydrogen-bond donors (Lipinski definition) is 1. The highest BCUT2D eigenvalue weighted by Crippen LogP contribution is 2.21. The Morgan fingerprint density at radius 2 is 1.53 bits per heavy atom. The van der Waals surface area contributed by atoms with Gasteiger partial charge >= 0.3 is 0 Å². The van der Waals surface area contributed by atoms with Gasteiger partial charge in [0.1, 0.15) is 11.8 Å². The van der Waals surface area contributed by atoms with Crippen molar-refractivity contribution in [2.75, 3.05) is 6.61 Å². The van der Waals surface area contributed by atoms with E-state index in [1.54, 1.807) is 4.90 Å². The minimum absolute atomic E-state index is 0.0961. The quantitative estimate of drug-likeness (QED) is 0.420. The van der Waals surface area contributed by atoms with Gasteiger partial charge in [-0.25, -0.2) is 0 Å². The first-order valence-corrected chi connectivity index (χ1v) is 12.9. The number of nitrogens with one attached hydrogen (secondary N) is 1. The molecule has 3 aromatic carbocycles. The van der Waals surface area contributed by atoms with Crippen molar-refractivity contribution >= 4 is 11.8 Å². The van der Waals surface area contributed by atoms with Crippen LogP contribution in [0.25, 0.3) is 0 Å². The van der Waals surface area contributed by atoms with E-state index in [1.807, 2.05) is 92.7 Å². The van der Waals surface area contributed by atoms with Crippen molar-refractivity contribution in [1.29, 1.82) is 0 Å². The molecule has 0 aliphatic heterocycles. The fraction of sp³-hybridized carbons (Fsp3) is 0.355. The van der Waals surface area contributed by atoms with Crippen LogP contribution in [0.1, 0.15) is 47.9 Å². The van der Waals surface area contributed by atoms with Crippen molar-refractivity contribution in [2.24, 2.45) is 0 Å². The maximum Gasteiger partial charge on any atom is 0.261 e. The maximum atomic E-state index is 13.7. The van der Waals surface area contributed by atoms with E-state index in [2.05, 4.69) is 5.32 Å². The summed E-state index contributed by atoms with van der Waals surface area (Å²) in [6.45, 7) is 4.28. The third-order valence-electron chi connectivity index (χ3n) is 7.01. The highest BCUT2D eigenvalue weighted by molar-refractivity contribution is 5.88. The Hall–Kier alpha value is -3.60. The van der Waals surface area contributed by atoms with Crippen LogP contribution in [0.5, 0.6) is 5.75 Å². The summed E-state index contributed by atoms with van der Waals surface area (Å²) in [5, 5.41) is 3.23. The lowest BCUT2D eigenvalue weighted by Crippen LogP contribution is -2.53. The molecule has 1 saturated carbocycles. The molecular formula is C31H36N2O3. The van der Waals surface area contributed by atoms with E-state index in [9.17, 15) is 9.59 Å². The second-order valence-electron chi connectivity index (χ2n) is 9.74. The van der Waals surface area contributed by atoms with Gasteiger partial charge in [0, 0.05) is 19.0 Å². The van der Waals surface area contributed by atoms with Crippen molar-refractivity contribution in [3.8, 4) is 5.75 Å². The summed E-state index contributed by atoms with van der Waals surface area (Å²) in [7, 11) is 0. The standard InChI is InChI=1S/C31H36N2O3/c1-23-17-18-28(19-24(23)2)36-22-30(34)33(21-26-13-7-4-8-14-26)29(20-25-11-5-3-6-12-25)31(35)32-27-15-9-10-16-27/h3-8,11-14,17-19,27,29H,9-10,15-16,20-22H2,1-2H3,(H,32,35)/t29-/m0/s1. The van der Waals surface area contributed by atoms with E-state index in [4.69, 9.17) is 4.74 Å². The van der Waals surface area contributed by atoms with E-state index in [0.29, 0.717) is 18.7 Å². The lowest BCUT2D eigenvalue weighted by molar-refractivity contribution is -0.143. The van der Waals surface area contributed by atoms with Gasteiger partial charge in [0.15, 0.2) is 6.61 Å². The van der Waals surface area contributed by atoms with Crippen LogP contribution in [0.15, 0.2) is 78.9 Å². The van der Waals surface area contributed by atoms with Gasteiger partial charge in [0.05, 0.1) is 0 Å². The summed E-state index contributed by atoms with van der Waals surface area (Å²) in [6.07, 6.45) is 4.69. The van der Waals surface area contributed by atoms with Crippen LogP contribution in [0.2, 0.25) is 0 Å². The van der Waals surface area contributed by atoms with Gasteiger partial charge in [-0.3, -0.25) is 9.59 Å². The molecule has 0 radical (unpaired) electrons. The molecule has 5 nitrogen and oxygen atoms in total. The molecule has 3 aromatic rings. The summed E-state index contributed by atoms with van der Waals surface area (Å²) in [6, 6.07) is 25.1. The molecule has 0 bridgehead atoms. The predicted molar refractivity (Wildman–Crippen MR) is 143 cm³/mol. The number of amides is 2. The van der Waals surface area contributed by atoms with Crippen molar-refractivity contribution in [2.45, 2.75) is 64.6 Å². The molecule has 1 aliphatic rings. The van der Waals surface area contributed by atoms with Crippen LogP contribution >= 0.6 is 0 Å². The van der Waals surface area contributed by atoms with Crippen molar-refractivity contribution < 1.29 is 14.3 Å². The largest absolute Gasteiger partial charge is 0.484 e. The topological polar surface area (TPSA) is 58.6 Å². The van der Waals surface area contributed by atoms with Crippen LogP contribution in [0.4, 0.5) is 0 Å². The van der Waals surface area contributed by atoms with E-state index >= 15 is 0 Å². The van der Waals surface area contributed by atoms with Gasteiger partial charge in [-0.15, -0.1) is 0 Å². The van der Waals surface area contributed by atoms with Gasteiger partial charge in [0.2, 0.25) is 5.91 Å². The second kappa shape index (κ2) is 12.4. The Bertz CT molecular complexity index is 1140. The summed E-state index contributed by atoms with van der Waals surface area (Å²) in [5.74, 6) is 0.349. The minimum atomic E-state index is -0.635. The maximum absolute atomic E-state index is 13.7.